The second kappa shape index (κ2) is 84.8. The fourth-order valence-electron chi connectivity index (χ4n) is 14.3. The van der Waals surface area contributed by atoms with E-state index in [9.17, 15) is 19.8 Å². The van der Waals surface area contributed by atoms with E-state index >= 15 is 0 Å². The van der Waals surface area contributed by atoms with Crippen LogP contribution >= 0.6 is 0 Å². The van der Waals surface area contributed by atoms with E-state index in [0.717, 1.165) is 44.9 Å². The third-order valence-corrected chi connectivity index (χ3v) is 21.0. The van der Waals surface area contributed by atoms with Crippen LogP contribution in [0.3, 0.4) is 0 Å². The number of amides is 1. The molecule has 95 heavy (non-hydrogen) atoms. The third-order valence-electron chi connectivity index (χ3n) is 21.0. The molecule has 0 heterocycles. The van der Waals surface area contributed by atoms with Gasteiger partial charge in [-0.1, -0.05) is 443 Å². The zero-order valence-corrected chi connectivity index (χ0v) is 64.9. The fourth-order valence-corrected chi connectivity index (χ4v) is 14.3. The molecule has 3 N–H and O–H groups in total. The first-order chi connectivity index (χ1) is 47.0. The van der Waals surface area contributed by atoms with E-state index < -0.39 is 12.1 Å². The van der Waals surface area contributed by atoms with Crippen molar-refractivity contribution in [3.05, 3.63) is 24.3 Å². The van der Waals surface area contributed by atoms with E-state index in [2.05, 4.69) is 43.5 Å². The minimum Gasteiger partial charge on any atom is -0.466 e. The number of allylic oxidation sites excluding steroid dienone is 4. The minimum absolute atomic E-state index is 0.0186. The Labute approximate surface area is 596 Å². The maximum atomic E-state index is 12.6. The molecule has 0 bridgehead atoms. The summed E-state index contributed by atoms with van der Waals surface area (Å²) in [6.45, 7) is 5.01. The van der Waals surface area contributed by atoms with Crippen molar-refractivity contribution in [2.45, 2.75) is 520 Å². The van der Waals surface area contributed by atoms with Crippen LogP contribution in [0, 0.1) is 0 Å². The van der Waals surface area contributed by atoms with Crippen molar-refractivity contribution in [1.82, 2.24) is 5.32 Å². The lowest BCUT2D eigenvalue weighted by Gasteiger charge is -2.22. The first-order valence-electron chi connectivity index (χ1n) is 44.1. The van der Waals surface area contributed by atoms with E-state index in [1.165, 1.54) is 430 Å². The molecule has 0 saturated heterocycles. The number of aliphatic hydroxyl groups is 2. The van der Waals surface area contributed by atoms with E-state index in [1.54, 1.807) is 0 Å². The van der Waals surface area contributed by atoms with Crippen molar-refractivity contribution >= 4 is 11.9 Å². The average Bonchev–Trinajstić information content (AvgIpc) is 3.31. The number of rotatable bonds is 84. The molecule has 564 valence electrons. The van der Waals surface area contributed by atoms with Crippen molar-refractivity contribution in [3.63, 3.8) is 0 Å². The Bertz CT molecular complexity index is 1500. The number of hydrogen-bond donors (Lipinski definition) is 3. The van der Waals surface area contributed by atoms with Crippen LogP contribution in [0.1, 0.15) is 508 Å². The largest absolute Gasteiger partial charge is 0.466 e. The summed E-state index contributed by atoms with van der Waals surface area (Å²) in [6, 6.07) is -0.540. The highest BCUT2D eigenvalue weighted by Crippen LogP contribution is 2.21. The van der Waals surface area contributed by atoms with Gasteiger partial charge < -0.3 is 20.3 Å². The maximum absolute atomic E-state index is 12.6. The summed E-state index contributed by atoms with van der Waals surface area (Å²) in [7, 11) is 0. The molecule has 2 atom stereocenters. The Morgan fingerprint density at radius 3 is 0.747 bits per heavy atom. The van der Waals surface area contributed by atoms with Crippen molar-refractivity contribution in [2.75, 3.05) is 13.2 Å². The van der Waals surface area contributed by atoms with Crippen molar-refractivity contribution < 1.29 is 24.5 Å². The molecule has 0 aliphatic rings. The van der Waals surface area contributed by atoms with Crippen LogP contribution in [0.5, 0.6) is 0 Å². The summed E-state index contributed by atoms with van der Waals surface area (Å²) in [4.78, 5) is 24.7. The van der Waals surface area contributed by atoms with Crippen LogP contribution in [0.4, 0.5) is 0 Å². The molecule has 1 amide bonds. The van der Waals surface area contributed by atoms with Crippen molar-refractivity contribution in [3.8, 4) is 0 Å². The number of ether oxygens (including phenoxy) is 1. The molecule has 0 radical (unpaired) electrons. The molecular formula is C89H173NO5. The predicted molar refractivity (Wildman–Crippen MR) is 421 cm³/mol. The van der Waals surface area contributed by atoms with Gasteiger partial charge in [0.15, 0.2) is 0 Å². The van der Waals surface area contributed by atoms with E-state index in [1.807, 2.05) is 0 Å². The van der Waals surface area contributed by atoms with E-state index in [0.29, 0.717) is 25.9 Å². The van der Waals surface area contributed by atoms with Gasteiger partial charge in [0.05, 0.1) is 25.4 Å². The first-order valence-corrected chi connectivity index (χ1v) is 44.1. The Balaban J connectivity index is 3.34. The van der Waals surface area contributed by atoms with Gasteiger partial charge in [0.2, 0.25) is 5.91 Å². The Morgan fingerprint density at radius 1 is 0.284 bits per heavy atom. The lowest BCUT2D eigenvalue weighted by atomic mass is 10.0. The van der Waals surface area contributed by atoms with Gasteiger partial charge in [0, 0.05) is 12.8 Å². The molecule has 0 spiro atoms. The zero-order valence-electron chi connectivity index (χ0n) is 64.9. The number of hydrogen-bond acceptors (Lipinski definition) is 5. The molecule has 0 aromatic rings. The summed E-state index contributed by atoms with van der Waals surface area (Å²) in [5.41, 5.74) is 0. The molecular weight excluding hydrogens is 1160 g/mol. The number of aliphatic hydroxyl groups excluding tert-OH is 2. The predicted octanol–water partition coefficient (Wildman–Crippen LogP) is 29.6. The first kappa shape index (κ1) is 93.3. The standard InChI is InChI=1S/C89H173NO5/c1-3-5-7-9-11-13-15-17-19-21-23-24-25-37-40-43-46-49-53-57-61-65-69-73-77-81-87(92)86(85-91)90-88(93)82-78-74-70-66-62-58-54-50-47-44-41-38-35-33-31-29-27-26-28-30-32-34-36-39-42-45-48-52-56-60-64-68-72-76-80-84-95-89(94)83-79-75-71-67-63-59-55-51-22-20-18-16-14-12-10-8-6-4-2/h20,22,28,30,86-87,91-92H,3-19,21,23-27,29,31-85H2,1-2H3,(H,90,93)/b22-20-,30-28-. The lowest BCUT2D eigenvalue weighted by Crippen LogP contribution is -2.45. The SMILES string of the molecule is CCCCCCCCC/C=C\CCCCCCCCCC(=O)OCCCCCCCCCCCCCCCC/C=C\CCCCCCCCCCCCCCCCCCCC(=O)NC(CO)C(O)CCCCCCCCCCCCCCCCCCCCCCCCCCC. The van der Waals surface area contributed by atoms with Crippen molar-refractivity contribution in [2.24, 2.45) is 0 Å². The second-order valence-electron chi connectivity index (χ2n) is 30.6. The smallest absolute Gasteiger partial charge is 0.305 e. The zero-order chi connectivity index (χ0) is 68.4. The molecule has 2 unspecified atom stereocenters. The Hall–Kier alpha value is -1.66. The molecule has 0 rings (SSSR count). The Morgan fingerprint density at radius 2 is 0.495 bits per heavy atom. The highest BCUT2D eigenvalue weighted by atomic mass is 16.5. The number of carbonyl (C=O) groups excluding carboxylic acids is 2. The van der Waals surface area contributed by atoms with Gasteiger partial charge in [-0.25, -0.2) is 0 Å². The highest BCUT2D eigenvalue weighted by molar-refractivity contribution is 5.76. The monoisotopic (exact) mass is 1340 g/mol. The summed E-state index contributed by atoms with van der Waals surface area (Å²) in [5, 5.41) is 23.5. The van der Waals surface area contributed by atoms with Gasteiger partial charge in [0.1, 0.15) is 0 Å². The van der Waals surface area contributed by atoms with E-state index in [-0.39, 0.29) is 18.5 Å². The molecule has 0 aromatic carbocycles. The summed E-state index contributed by atoms with van der Waals surface area (Å²) in [6.07, 6.45) is 110. The topological polar surface area (TPSA) is 95.9 Å². The van der Waals surface area contributed by atoms with Crippen LogP contribution < -0.4 is 5.32 Å². The molecule has 0 aromatic heterocycles. The lowest BCUT2D eigenvalue weighted by molar-refractivity contribution is -0.143. The Kier molecular flexibility index (Phi) is 83.3. The third kappa shape index (κ3) is 81.2. The number of unbranched alkanes of at least 4 members (excludes halogenated alkanes) is 69. The van der Waals surface area contributed by atoms with Gasteiger partial charge >= 0.3 is 5.97 Å². The van der Waals surface area contributed by atoms with Gasteiger partial charge in [-0.2, -0.15) is 0 Å². The minimum atomic E-state index is -0.663. The van der Waals surface area contributed by atoms with Gasteiger partial charge in [-0.05, 0) is 77.0 Å². The second-order valence-corrected chi connectivity index (χ2v) is 30.6. The number of carbonyl (C=O) groups is 2. The molecule has 0 saturated carbocycles. The van der Waals surface area contributed by atoms with Gasteiger partial charge in [-0.15, -0.1) is 0 Å². The summed E-state index contributed by atoms with van der Waals surface area (Å²) < 4.78 is 5.52. The normalized spacial score (nSPS) is 12.5. The van der Waals surface area contributed by atoms with Gasteiger partial charge in [0.25, 0.3) is 0 Å². The fraction of sp³-hybridized carbons (Fsp3) is 0.933. The van der Waals surface area contributed by atoms with Crippen LogP contribution in [0.25, 0.3) is 0 Å². The summed E-state index contributed by atoms with van der Waals surface area (Å²) >= 11 is 0. The van der Waals surface area contributed by atoms with Crippen LogP contribution in [-0.2, 0) is 14.3 Å². The molecule has 0 aliphatic carbocycles. The maximum Gasteiger partial charge on any atom is 0.305 e. The molecule has 6 nitrogen and oxygen atoms in total. The van der Waals surface area contributed by atoms with Crippen LogP contribution in [0.2, 0.25) is 0 Å². The number of esters is 1. The van der Waals surface area contributed by atoms with Crippen LogP contribution in [-0.4, -0.2) is 47.4 Å². The number of nitrogens with one attached hydrogen (secondary N) is 1. The average molecular weight is 1340 g/mol. The molecule has 6 heteroatoms. The quantitative estimate of drug-likeness (QED) is 0.0320. The molecule has 0 aliphatic heterocycles. The van der Waals surface area contributed by atoms with E-state index in [4.69, 9.17) is 4.74 Å². The van der Waals surface area contributed by atoms with Crippen LogP contribution in [0.15, 0.2) is 24.3 Å². The van der Waals surface area contributed by atoms with Gasteiger partial charge in [-0.3, -0.25) is 9.59 Å². The van der Waals surface area contributed by atoms with Crippen molar-refractivity contribution in [1.29, 1.82) is 0 Å². The highest BCUT2D eigenvalue weighted by Gasteiger charge is 2.20. The molecule has 0 fully saturated rings. The summed E-state index contributed by atoms with van der Waals surface area (Å²) in [5.74, 6) is -0.00621.